The van der Waals surface area contributed by atoms with E-state index in [1.807, 2.05) is 58.0 Å². The monoisotopic (exact) mass is 364 g/mol. The summed E-state index contributed by atoms with van der Waals surface area (Å²) in [5.41, 5.74) is 6.16. The zero-order chi connectivity index (χ0) is 19.6. The molecule has 27 heavy (non-hydrogen) atoms. The van der Waals surface area contributed by atoms with Crippen LogP contribution in [0.25, 0.3) is 0 Å². The molecule has 1 N–H and O–H groups in total. The van der Waals surface area contributed by atoms with Crippen LogP contribution >= 0.6 is 0 Å². The van der Waals surface area contributed by atoms with Gasteiger partial charge in [0.25, 0.3) is 5.91 Å². The Bertz CT molecular complexity index is 969. The number of carbonyl (C=O) groups excluding carboxylic acids is 1. The summed E-state index contributed by atoms with van der Waals surface area (Å²) in [4.78, 5) is 12.7. The second kappa shape index (κ2) is 7.66. The van der Waals surface area contributed by atoms with Gasteiger partial charge in [-0.25, -0.2) is 0 Å². The lowest BCUT2D eigenvalue weighted by molar-refractivity contribution is 0.101. The Balaban J connectivity index is 1.77. The molecule has 0 aliphatic rings. The fourth-order valence-electron chi connectivity index (χ4n) is 2.92. The molecule has 0 saturated heterocycles. The zero-order valence-electron chi connectivity index (χ0n) is 16.3. The number of aromatic nitrogens is 1. The topological polar surface area (TPSA) is 64.4 Å². The van der Waals surface area contributed by atoms with E-state index in [1.54, 1.807) is 6.92 Å². The Kier molecular flexibility index (Phi) is 5.31. The van der Waals surface area contributed by atoms with Crippen molar-refractivity contribution in [3.05, 3.63) is 75.7 Å². The molecule has 0 radical (unpaired) electrons. The van der Waals surface area contributed by atoms with Crippen LogP contribution in [0.5, 0.6) is 5.75 Å². The van der Waals surface area contributed by atoms with E-state index in [0.717, 1.165) is 28.1 Å². The number of rotatable bonds is 5. The van der Waals surface area contributed by atoms with Crippen LogP contribution in [0, 0.1) is 34.6 Å². The Morgan fingerprint density at radius 2 is 1.70 bits per heavy atom. The van der Waals surface area contributed by atoms with Crippen molar-refractivity contribution in [2.75, 3.05) is 5.32 Å². The summed E-state index contributed by atoms with van der Waals surface area (Å²) < 4.78 is 11.1. The first-order valence-corrected chi connectivity index (χ1v) is 8.88. The maximum atomic E-state index is 12.7. The molecule has 1 aromatic heterocycles. The van der Waals surface area contributed by atoms with Crippen LogP contribution in [0.15, 0.2) is 40.9 Å². The van der Waals surface area contributed by atoms with Crippen LogP contribution in [-0.4, -0.2) is 11.1 Å². The van der Waals surface area contributed by atoms with Gasteiger partial charge in [0, 0.05) is 5.69 Å². The summed E-state index contributed by atoms with van der Waals surface area (Å²) in [6.45, 7) is 10.1. The smallest absolute Gasteiger partial charge is 0.278 e. The highest BCUT2D eigenvalue weighted by Crippen LogP contribution is 2.22. The maximum Gasteiger partial charge on any atom is 0.278 e. The van der Waals surface area contributed by atoms with Crippen LogP contribution in [-0.2, 0) is 6.61 Å². The van der Waals surface area contributed by atoms with Crippen molar-refractivity contribution < 1.29 is 14.1 Å². The summed E-state index contributed by atoms with van der Waals surface area (Å²) in [5, 5.41) is 6.81. The highest BCUT2D eigenvalue weighted by molar-refractivity contribution is 6.03. The summed E-state index contributed by atoms with van der Waals surface area (Å²) in [6.07, 6.45) is 0. The summed E-state index contributed by atoms with van der Waals surface area (Å²) in [6, 6.07) is 11.8. The van der Waals surface area contributed by atoms with Gasteiger partial charge in [0.15, 0.2) is 5.69 Å². The third-order valence-corrected chi connectivity index (χ3v) is 4.54. The fourth-order valence-corrected chi connectivity index (χ4v) is 2.92. The number of benzene rings is 2. The number of anilines is 1. The van der Waals surface area contributed by atoms with E-state index < -0.39 is 0 Å². The SMILES string of the molecule is Cc1cc(C)cc(OCc2c(C(=O)Nc3ccc(C)c(C)c3)noc2C)c1. The molecule has 5 heteroatoms. The molecule has 2 aromatic carbocycles. The first kappa shape index (κ1) is 18.7. The molecule has 5 nitrogen and oxygen atoms in total. The lowest BCUT2D eigenvalue weighted by Crippen LogP contribution is -2.15. The molecule has 0 aliphatic heterocycles. The number of hydrogen-bond donors (Lipinski definition) is 1. The second-order valence-electron chi connectivity index (χ2n) is 6.93. The molecule has 0 saturated carbocycles. The number of hydrogen-bond acceptors (Lipinski definition) is 4. The van der Waals surface area contributed by atoms with Crippen molar-refractivity contribution >= 4 is 11.6 Å². The van der Waals surface area contributed by atoms with Crippen molar-refractivity contribution in [2.45, 2.75) is 41.2 Å². The minimum atomic E-state index is -0.311. The van der Waals surface area contributed by atoms with Crippen molar-refractivity contribution in [2.24, 2.45) is 0 Å². The molecule has 0 bridgehead atoms. The fraction of sp³-hybridized carbons (Fsp3) is 0.273. The Hall–Kier alpha value is -3.08. The maximum absolute atomic E-state index is 12.7. The first-order valence-electron chi connectivity index (χ1n) is 8.88. The van der Waals surface area contributed by atoms with E-state index >= 15 is 0 Å². The van der Waals surface area contributed by atoms with E-state index in [0.29, 0.717) is 11.3 Å². The lowest BCUT2D eigenvalue weighted by Gasteiger charge is -2.09. The van der Waals surface area contributed by atoms with Crippen molar-refractivity contribution in [3.63, 3.8) is 0 Å². The molecule has 0 fully saturated rings. The average molecular weight is 364 g/mol. The van der Waals surface area contributed by atoms with Gasteiger partial charge in [-0.05, 0) is 81.1 Å². The zero-order valence-corrected chi connectivity index (χ0v) is 16.3. The minimum absolute atomic E-state index is 0.216. The highest BCUT2D eigenvalue weighted by atomic mass is 16.5. The largest absolute Gasteiger partial charge is 0.489 e. The number of nitrogens with one attached hydrogen (secondary N) is 1. The number of aryl methyl sites for hydroxylation is 5. The van der Waals surface area contributed by atoms with Crippen molar-refractivity contribution in [1.29, 1.82) is 0 Å². The summed E-state index contributed by atoms with van der Waals surface area (Å²) in [7, 11) is 0. The van der Waals surface area contributed by atoms with Gasteiger partial charge in [-0.3, -0.25) is 4.79 Å². The number of nitrogens with zero attached hydrogens (tertiary/aromatic N) is 1. The number of carbonyl (C=O) groups is 1. The average Bonchev–Trinajstić information content (AvgIpc) is 2.96. The van der Waals surface area contributed by atoms with Crippen LogP contribution in [0.1, 0.15) is 44.1 Å². The molecule has 0 spiro atoms. The molecular weight excluding hydrogens is 340 g/mol. The Labute approximate surface area is 159 Å². The number of ether oxygens (including phenoxy) is 1. The van der Waals surface area contributed by atoms with Gasteiger partial charge in [-0.2, -0.15) is 0 Å². The Morgan fingerprint density at radius 1 is 1.00 bits per heavy atom. The van der Waals surface area contributed by atoms with Gasteiger partial charge in [0.1, 0.15) is 18.1 Å². The molecule has 1 heterocycles. The van der Waals surface area contributed by atoms with Gasteiger partial charge < -0.3 is 14.6 Å². The molecule has 140 valence electrons. The van der Waals surface area contributed by atoms with Crippen LogP contribution in [0.4, 0.5) is 5.69 Å². The van der Waals surface area contributed by atoms with Crippen molar-refractivity contribution in [3.8, 4) is 5.75 Å². The van der Waals surface area contributed by atoms with E-state index in [-0.39, 0.29) is 18.2 Å². The lowest BCUT2D eigenvalue weighted by atomic mass is 10.1. The van der Waals surface area contributed by atoms with Crippen LogP contribution in [0.2, 0.25) is 0 Å². The van der Waals surface area contributed by atoms with Gasteiger partial charge in [0.2, 0.25) is 0 Å². The van der Waals surface area contributed by atoms with E-state index in [2.05, 4.69) is 16.5 Å². The van der Waals surface area contributed by atoms with Gasteiger partial charge in [0.05, 0.1) is 5.56 Å². The molecular formula is C22H24N2O3. The molecule has 3 aromatic rings. The standard InChI is InChI=1S/C22H24N2O3/c1-13-8-14(2)10-19(9-13)26-12-20-17(5)27-24-21(20)22(25)23-18-7-6-15(3)16(4)11-18/h6-11H,12H2,1-5H3,(H,23,25). The molecule has 0 atom stereocenters. The second-order valence-corrected chi connectivity index (χ2v) is 6.93. The van der Waals surface area contributed by atoms with Crippen LogP contribution < -0.4 is 10.1 Å². The van der Waals surface area contributed by atoms with Crippen LogP contribution in [0.3, 0.4) is 0 Å². The predicted octanol–water partition coefficient (Wildman–Crippen LogP) is 5.05. The summed E-state index contributed by atoms with van der Waals surface area (Å²) >= 11 is 0. The van der Waals surface area contributed by atoms with Gasteiger partial charge >= 0.3 is 0 Å². The van der Waals surface area contributed by atoms with E-state index in [9.17, 15) is 4.79 Å². The summed E-state index contributed by atoms with van der Waals surface area (Å²) in [5.74, 6) is 1.02. The minimum Gasteiger partial charge on any atom is -0.489 e. The first-order chi connectivity index (χ1) is 12.8. The number of amides is 1. The Morgan fingerprint density at radius 3 is 2.37 bits per heavy atom. The van der Waals surface area contributed by atoms with Gasteiger partial charge in [-0.15, -0.1) is 0 Å². The molecule has 3 rings (SSSR count). The third-order valence-electron chi connectivity index (χ3n) is 4.54. The van der Waals surface area contributed by atoms with Gasteiger partial charge in [-0.1, -0.05) is 17.3 Å². The highest BCUT2D eigenvalue weighted by Gasteiger charge is 2.20. The molecule has 1 amide bonds. The third kappa shape index (κ3) is 4.37. The normalized spacial score (nSPS) is 10.7. The predicted molar refractivity (Wildman–Crippen MR) is 105 cm³/mol. The quantitative estimate of drug-likeness (QED) is 0.688. The molecule has 0 aliphatic carbocycles. The van der Waals surface area contributed by atoms with E-state index in [1.165, 1.54) is 5.56 Å². The molecule has 0 unspecified atom stereocenters. The van der Waals surface area contributed by atoms with E-state index in [4.69, 9.17) is 9.26 Å². The van der Waals surface area contributed by atoms with Crippen molar-refractivity contribution in [1.82, 2.24) is 5.16 Å².